The Bertz CT molecular complexity index is 300. The minimum Gasteiger partial charge on any atom is -0.393 e. The van der Waals surface area contributed by atoms with Crippen molar-refractivity contribution in [3.63, 3.8) is 0 Å². The third-order valence-electron chi connectivity index (χ3n) is 2.17. The quantitative estimate of drug-likeness (QED) is 0.680. The van der Waals surface area contributed by atoms with Gasteiger partial charge in [0.15, 0.2) is 0 Å². The Morgan fingerprint density at radius 2 is 2.31 bits per heavy atom. The van der Waals surface area contributed by atoms with E-state index in [2.05, 4.69) is 0 Å². The van der Waals surface area contributed by atoms with E-state index in [1.165, 1.54) is 4.31 Å². The molecule has 1 aliphatic heterocycles. The molecule has 1 aliphatic rings. The van der Waals surface area contributed by atoms with Crippen molar-refractivity contribution in [3.05, 3.63) is 0 Å². The van der Waals surface area contributed by atoms with Crippen LogP contribution in [0.5, 0.6) is 0 Å². The molecule has 0 spiro atoms. The van der Waals surface area contributed by atoms with Gasteiger partial charge in [-0.15, -0.1) is 0 Å². The summed E-state index contributed by atoms with van der Waals surface area (Å²) in [6, 6.07) is 0. The van der Waals surface area contributed by atoms with Crippen molar-refractivity contribution in [2.24, 2.45) is 11.7 Å². The van der Waals surface area contributed by atoms with Crippen LogP contribution in [0, 0.1) is 5.92 Å². The zero-order valence-electron chi connectivity index (χ0n) is 7.56. The number of rotatable bonds is 3. The van der Waals surface area contributed by atoms with Crippen molar-refractivity contribution >= 4 is 27.2 Å². The predicted molar refractivity (Wildman–Crippen MR) is 55.9 cm³/mol. The molecule has 0 radical (unpaired) electrons. The van der Waals surface area contributed by atoms with Crippen molar-refractivity contribution in [3.8, 4) is 0 Å². The molecule has 1 fully saturated rings. The zero-order valence-corrected chi connectivity index (χ0v) is 9.20. The maximum atomic E-state index is 11.4. The van der Waals surface area contributed by atoms with Crippen LogP contribution < -0.4 is 5.73 Å². The number of hydrogen-bond donors (Lipinski definition) is 1. The Hall–Kier alpha value is -0.200. The van der Waals surface area contributed by atoms with Crippen LogP contribution >= 0.6 is 12.2 Å². The van der Waals surface area contributed by atoms with Gasteiger partial charge in [0.25, 0.3) is 0 Å². The first-order valence-corrected chi connectivity index (χ1v) is 6.22. The van der Waals surface area contributed by atoms with Crippen LogP contribution in [0.3, 0.4) is 0 Å². The van der Waals surface area contributed by atoms with Gasteiger partial charge in [-0.25, -0.2) is 12.7 Å². The van der Waals surface area contributed by atoms with Crippen molar-refractivity contribution < 1.29 is 8.42 Å². The molecule has 0 amide bonds. The van der Waals surface area contributed by atoms with E-state index < -0.39 is 10.0 Å². The minimum atomic E-state index is -3.00. The third-order valence-corrected chi connectivity index (χ3v) is 4.49. The van der Waals surface area contributed by atoms with Gasteiger partial charge in [-0.1, -0.05) is 19.1 Å². The summed E-state index contributed by atoms with van der Waals surface area (Å²) in [5.74, 6) is 0.222. The van der Waals surface area contributed by atoms with Crippen LogP contribution in [0.15, 0.2) is 0 Å². The molecule has 13 heavy (non-hydrogen) atoms. The first kappa shape index (κ1) is 10.9. The van der Waals surface area contributed by atoms with E-state index in [4.69, 9.17) is 18.0 Å². The summed E-state index contributed by atoms with van der Waals surface area (Å²) in [6.07, 6.45) is 0.715. The number of nitrogens with two attached hydrogens (primary N) is 1. The highest BCUT2D eigenvalue weighted by Crippen LogP contribution is 2.15. The maximum Gasteiger partial charge on any atom is 0.214 e. The first-order chi connectivity index (χ1) is 5.93. The Labute approximate surface area is 84.1 Å². The molecule has 0 aliphatic carbocycles. The molecule has 0 bridgehead atoms. The standard InChI is InChI=1S/C7H14N2O2S2/c1-6(7(8)12)5-9-3-2-4-13(9,10)11/h6H,2-5H2,1H3,(H2,8,12). The van der Waals surface area contributed by atoms with Gasteiger partial charge in [-0.3, -0.25) is 0 Å². The normalized spacial score (nSPS) is 24.4. The average Bonchev–Trinajstić information content (AvgIpc) is 2.30. The molecule has 0 aromatic rings. The molecule has 1 saturated heterocycles. The lowest BCUT2D eigenvalue weighted by Crippen LogP contribution is -2.35. The number of hydrogen-bond acceptors (Lipinski definition) is 3. The van der Waals surface area contributed by atoms with E-state index in [1.54, 1.807) is 0 Å². The molecule has 1 heterocycles. The van der Waals surface area contributed by atoms with Crippen LogP contribution in [0.1, 0.15) is 13.3 Å². The Kier molecular flexibility index (Phi) is 3.26. The summed E-state index contributed by atoms with van der Waals surface area (Å²) in [7, 11) is -3.00. The Morgan fingerprint density at radius 1 is 1.69 bits per heavy atom. The highest BCUT2D eigenvalue weighted by atomic mass is 32.2. The molecular formula is C7H14N2O2S2. The molecule has 0 saturated carbocycles. The molecule has 1 unspecified atom stereocenters. The SMILES string of the molecule is CC(CN1CCCS1(=O)=O)C(N)=S. The number of thiocarbonyl (C=S) groups is 1. The lowest BCUT2D eigenvalue weighted by Gasteiger charge is -2.18. The molecule has 1 atom stereocenters. The number of sulfonamides is 1. The largest absolute Gasteiger partial charge is 0.393 e. The van der Waals surface area contributed by atoms with Crippen LogP contribution in [-0.4, -0.2) is 36.6 Å². The van der Waals surface area contributed by atoms with E-state index in [1.807, 2.05) is 6.92 Å². The second-order valence-corrected chi connectivity index (χ2v) is 5.89. The van der Waals surface area contributed by atoms with Gasteiger partial charge in [-0.05, 0) is 6.42 Å². The fourth-order valence-electron chi connectivity index (χ4n) is 1.29. The van der Waals surface area contributed by atoms with Crippen molar-refractivity contribution in [1.82, 2.24) is 4.31 Å². The van der Waals surface area contributed by atoms with Crippen LogP contribution in [0.25, 0.3) is 0 Å². The number of nitrogens with zero attached hydrogens (tertiary/aromatic N) is 1. The van der Waals surface area contributed by atoms with E-state index in [9.17, 15) is 8.42 Å². The summed E-state index contributed by atoms with van der Waals surface area (Å²) >= 11 is 4.78. The summed E-state index contributed by atoms with van der Waals surface area (Å²) in [5.41, 5.74) is 5.41. The van der Waals surface area contributed by atoms with Gasteiger partial charge in [0.2, 0.25) is 10.0 Å². The fraction of sp³-hybridized carbons (Fsp3) is 0.857. The predicted octanol–water partition coefficient (Wildman–Crippen LogP) is -0.0559. The Balaban J connectivity index is 2.60. The third kappa shape index (κ3) is 2.62. The summed E-state index contributed by atoms with van der Waals surface area (Å²) in [4.78, 5) is 0.377. The lowest BCUT2D eigenvalue weighted by atomic mass is 10.2. The topological polar surface area (TPSA) is 63.4 Å². The first-order valence-electron chi connectivity index (χ1n) is 4.20. The maximum absolute atomic E-state index is 11.4. The minimum absolute atomic E-state index is 0.0390. The van der Waals surface area contributed by atoms with Gasteiger partial charge in [0, 0.05) is 19.0 Å². The van der Waals surface area contributed by atoms with Gasteiger partial charge in [0.1, 0.15) is 0 Å². The highest BCUT2D eigenvalue weighted by molar-refractivity contribution is 7.89. The van der Waals surface area contributed by atoms with Gasteiger partial charge >= 0.3 is 0 Å². The molecule has 0 aromatic carbocycles. The van der Waals surface area contributed by atoms with E-state index in [0.29, 0.717) is 24.5 Å². The van der Waals surface area contributed by atoms with Crippen LogP contribution in [0.2, 0.25) is 0 Å². The van der Waals surface area contributed by atoms with Gasteiger partial charge in [0.05, 0.1) is 10.7 Å². The van der Waals surface area contributed by atoms with E-state index in [0.717, 1.165) is 0 Å². The van der Waals surface area contributed by atoms with Gasteiger partial charge in [-0.2, -0.15) is 0 Å². The lowest BCUT2D eigenvalue weighted by molar-refractivity contribution is 0.419. The molecule has 6 heteroatoms. The monoisotopic (exact) mass is 222 g/mol. The molecule has 2 N–H and O–H groups in total. The summed E-state index contributed by atoms with van der Waals surface area (Å²) in [5, 5.41) is 0. The van der Waals surface area contributed by atoms with Crippen LogP contribution in [-0.2, 0) is 10.0 Å². The molecule has 76 valence electrons. The molecule has 4 nitrogen and oxygen atoms in total. The molecule has 1 rings (SSSR count). The fourth-order valence-corrected chi connectivity index (χ4v) is 2.98. The molecular weight excluding hydrogens is 208 g/mol. The average molecular weight is 222 g/mol. The van der Waals surface area contributed by atoms with E-state index >= 15 is 0 Å². The Morgan fingerprint density at radius 3 is 2.69 bits per heavy atom. The summed E-state index contributed by atoms with van der Waals surface area (Å²) in [6.45, 7) is 2.88. The van der Waals surface area contributed by atoms with Gasteiger partial charge < -0.3 is 5.73 Å². The van der Waals surface area contributed by atoms with E-state index in [-0.39, 0.29) is 11.7 Å². The smallest absolute Gasteiger partial charge is 0.214 e. The second-order valence-electron chi connectivity index (χ2n) is 3.33. The van der Waals surface area contributed by atoms with Crippen molar-refractivity contribution in [1.29, 1.82) is 0 Å². The highest BCUT2D eigenvalue weighted by Gasteiger charge is 2.29. The summed E-state index contributed by atoms with van der Waals surface area (Å²) < 4.78 is 24.2. The second kappa shape index (κ2) is 3.89. The van der Waals surface area contributed by atoms with Crippen molar-refractivity contribution in [2.75, 3.05) is 18.8 Å². The van der Waals surface area contributed by atoms with Crippen molar-refractivity contribution in [2.45, 2.75) is 13.3 Å². The zero-order chi connectivity index (χ0) is 10.1. The van der Waals surface area contributed by atoms with Crippen LogP contribution in [0.4, 0.5) is 0 Å². The molecule has 0 aromatic heterocycles.